The highest BCUT2D eigenvalue weighted by Gasteiger charge is 2.26. The van der Waals surface area contributed by atoms with Gasteiger partial charge in [-0.25, -0.2) is 0 Å². The summed E-state index contributed by atoms with van der Waals surface area (Å²) in [6, 6.07) is 7.50. The molecule has 116 valence electrons. The van der Waals surface area contributed by atoms with Gasteiger partial charge in [-0.05, 0) is 43.0 Å². The largest absolute Gasteiger partial charge is 0.342 e. The fourth-order valence-electron chi connectivity index (χ4n) is 3.10. The van der Waals surface area contributed by atoms with Gasteiger partial charge in [-0.3, -0.25) is 9.89 Å². The lowest BCUT2D eigenvalue weighted by atomic mass is 9.92. The monoisotopic (exact) mass is 317 g/mol. The Kier molecular flexibility index (Phi) is 4.48. The van der Waals surface area contributed by atoms with Crippen molar-refractivity contribution in [1.29, 1.82) is 0 Å². The number of benzene rings is 1. The number of aromatic nitrogens is 2. The van der Waals surface area contributed by atoms with Crippen LogP contribution in [-0.2, 0) is 11.2 Å². The molecular formula is C17H20ClN3O. The first-order valence-electron chi connectivity index (χ1n) is 7.65. The lowest BCUT2D eigenvalue weighted by molar-refractivity contribution is -0.131. The van der Waals surface area contributed by atoms with E-state index in [1.807, 2.05) is 35.4 Å². The molecule has 3 rings (SSSR count). The van der Waals surface area contributed by atoms with Gasteiger partial charge < -0.3 is 4.90 Å². The average Bonchev–Trinajstić information content (AvgIpc) is 2.96. The van der Waals surface area contributed by atoms with Gasteiger partial charge in [0.1, 0.15) is 0 Å². The van der Waals surface area contributed by atoms with Crippen LogP contribution in [0, 0.1) is 6.92 Å². The molecule has 5 heteroatoms. The van der Waals surface area contributed by atoms with Gasteiger partial charge in [-0.15, -0.1) is 0 Å². The zero-order valence-electron chi connectivity index (χ0n) is 12.7. The Morgan fingerprint density at radius 3 is 2.86 bits per heavy atom. The third-order valence-corrected chi connectivity index (χ3v) is 4.57. The Morgan fingerprint density at radius 2 is 2.18 bits per heavy atom. The lowest BCUT2D eigenvalue weighted by Crippen LogP contribution is -2.40. The number of hydrogen-bond donors (Lipinski definition) is 1. The summed E-state index contributed by atoms with van der Waals surface area (Å²) in [7, 11) is 0. The predicted octanol–water partition coefficient (Wildman–Crippen LogP) is 3.32. The van der Waals surface area contributed by atoms with Gasteiger partial charge in [0, 0.05) is 29.7 Å². The maximum atomic E-state index is 12.5. The van der Waals surface area contributed by atoms with E-state index in [2.05, 4.69) is 17.1 Å². The third kappa shape index (κ3) is 3.33. The Morgan fingerprint density at radius 1 is 1.41 bits per heavy atom. The molecule has 0 bridgehead atoms. The van der Waals surface area contributed by atoms with Gasteiger partial charge in [0.15, 0.2) is 0 Å². The highest BCUT2D eigenvalue weighted by molar-refractivity contribution is 6.30. The van der Waals surface area contributed by atoms with Crippen molar-refractivity contribution in [3.63, 3.8) is 0 Å². The van der Waals surface area contributed by atoms with Crippen LogP contribution in [0.3, 0.4) is 0 Å². The van der Waals surface area contributed by atoms with Crippen LogP contribution in [0.5, 0.6) is 0 Å². The molecule has 22 heavy (non-hydrogen) atoms. The molecule has 1 atom stereocenters. The standard InChI is InChI=1S/C17H20ClN3O/c1-12-10-19-20-17(12)14-3-2-8-21(11-14)16(22)9-13-4-6-15(18)7-5-13/h4-7,10,14H,2-3,8-9,11H2,1H3,(H,19,20). The summed E-state index contributed by atoms with van der Waals surface area (Å²) in [5.74, 6) is 0.551. The summed E-state index contributed by atoms with van der Waals surface area (Å²) in [5, 5.41) is 7.89. The molecule has 0 spiro atoms. The minimum absolute atomic E-state index is 0.184. The zero-order valence-corrected chi connectivity index (χ0v) is 13.4. The number of carbonyl (C=O) groups is 1. The van der Waals surface area contributed by atoms with Crippen LogP contribution in [0.2, 0.25) is 5.02 Å². The summed E-state index contributed by atoms with van der Waals surface area (Å²) in [6.45, 7) is 3.68. The molecule has 0 radical (unpaired) electrons. The summed E-state index contributed by atoms with van der Waals surface area (Å²) in [6.07, 6.45) is 4.43. The first-order chi connectivity index (χ1) is 10.6. The van der Waals surface area contributed by atoms with Gasteiger partial charge in [0.05, 0.1) is 12.6 Å². The van der Waals surface area contributed by atoms with Gasteiger partial charge in [-0.1, -0.05) is 23.7 Å². The number of hydrogen-bond acceptors (Lipinski definition) is 2. The maximum Gasteiger partial charge on any atom is 0.227 e. The van der Waals surface area contributed by atoms with Gasteiger partial charge in [0.2, 0.25) is 5.91 Å². The SMILES string of the molecule is Cc1cn[nH]c1C1CCCN(C(=O)Cc2ccc(Cl)cc2)C1. The molecule has 0 saturated carbocycles. The van der Waals surface area contributed by atoms with Gasteiger partial charge in [0.25, 0.3) is 0 Å². The number of amides is 1. The van der Waals surface area contributed by atoms with E-state index in [-0.39, 0.29) is 5.91 Å². The summed E-state index contributed by atoms with van der Waals surface area (Å²) >= 11 is 5.88. The molecule has 1 aromatic heterocycles. The van der Waals surface area contributed by atoms with Crippen LogP contribution in [-0.4, -0.2) is 34.1 Å². The van der Waals surface area contributed by atoms with E-state index in [1.165, 1.54) is 11.3 Å². The number of likely N-dealkylation sites (tertiary alicyclic amines) is 1. The van der Waals surface area contributed by atoms with Gasteiger partial charge in [-0.2, -0.15) is 5.10 Å². The Bertz CT molecular complexity index is 650. The molecule has 1 N–H and O–H groups in total. The Labute approximate surface area is 135 Å². The van der Waals surface area contributed by atoms with Crippen molar-refractivity contribution >= 4 is 17.5 Å². The summed E-state index contributed by atoms with van der Waals surface area (Å²) < 4.78 is 0. The number of aromatic amines is 1. The predicted molar refractivity (Wildman–Crippen MR) is 87.0 cm³/mol. The molecule has 1 amide bonds. The Hall–Kier alpha value is -1.81. The maximum absolute atomic E-state index is 12.5. The molecule has 4 nitrogen and oxygen atoms in total. The van der Waals surface area contributed by atoms with E-state index in [4.69, 9.17) is 11.6 Å². The minimum atomic E-state index is 0.184. The Balaban J connectivity index is 1.65. The number of nitrogens with zero attached hydrogens (tertiary/aromatic N) is 2. The molecular weight excluding hydrogens is 298 g/mol. The molecule has 1 aromatic carbocycles. The molecule has 2 aromatic rings. The average molecular weight is 318 g/mol. The fourth-order valence-corrected chi connectivity index (χ4v) is 3.22. The quantitative estimate of drug-likeness (QED) is 0.944. The fraction of sp³-hybridized carbons (Fsp3) is 0.412. The second kappa shape index (κ2) is 6.53. The topological polar surface area (TPSA) is 49.0 Å². The smallest absolute Gasteiger partial charge is 0.227 e. The summed E-state index contributed by atoms with van der Waals surface area (Å²) in [4.78, 5) is 14.5. The highest BCUT2D eigenvalue weighted by Crippen LogP contribution is 2.27. The van der Waals surface area contributed by atoms with E-state index >= 15 is 0 Å². The van der Waals surface area contributed by atoms with Crippen LogP contribution in [0.1, 0.15) is 35.6 Å². The number of rotatable bonds is 3. The van der Waals surface area contributed by atoms with Crippen molar-refractivity contribution in [1.82, 2.24) is 15.1 Å². The van der Waals surface area contributed by atoms with Crippen molar-refractivity contribution in [3.8, 4) is 0 Å². The third-order valence-electron chi connectivity index (χ3n) is 4.32. The number of nitrogens with one attached hydrogen (secondary N) is 1. The number of H-pyrrole nitrogens is 1. The van der Waals surface area contributed by atoms with Crippen molar-refractivity contribution in [3.05, 3.63) is 52.3 Å². The van der Waals surface area contributed by atoms with Crippen molar-refractivity contribution in [2.75, 3.05) is 13.1 Å². The van der Waals surface area contributed by atoms with Crippen LogP contribution in [0.4, 0.5) is 0 Å². The molecule has 1 fully saturated rings. The molecule has 1 aliphatic rings. The molecule has 1 aliphatic heterocycles. The van der Waals surface area contributed by atoms with Crippen molar-refractivity contribution < 1.29 is 4.79 Å². The second-order valence-corrected chi connectivity index (χ2v) is 6.39. The zero-order chi connectivity index (χ0) is 15.5. The second-order valence-electron chi connectivity index (χ2n) is 5.95. The first kappa shape index (κ1) is 15.1. The van der Waals surface area contributed by atoms with Crippen LogP contribution < -0.4 is 0 Å². The molecule has 1 unspecified atom stereocenters. The van der Waals surface area contributed by atoms with Crippen LogP contribution in [0.25, 0.3) is 0 Å². The van der Waals surface area contributed by atoms with Crippen LogP contribution >= 0.6 is 11.6 Å². The van der Waals surface area contributed by atoms with E-state index in [1.54, 1.807) is 0 Å². The molecule has 2 heterocycles. The van der Waals surface area contributed by atoms with E-state index in [0.29, 0.717) is 17.4 Å². The highest BCUT2D eigenvalue weighted by atomic mass is 35.5. The van der Waals surface area contributed by atoms with Crippen molar-refractivity contribution in [2.24, 2.45) is 0 Å². The van der Waals surface area contributed by atoms with E-state index in [9.17, 15) is 4.79 Å². The van der Waals surface area contributed by atoms with E-state index < -0.39 is 0 Å². The van der Waals surface area contributed by atoms with Gasteiger partial charge >= 0.3 is 0 Å². The molecule has 0 aliphatic carbocycles. The van der Waals surface area contributed by atoms with Crippen molar-refractivity contribution in [2.45, 2.75) is 32.1 Å². The van der Waals surface area contributed by atoms with Crippen LogP contribution in [0.15, 0.2) is 30.5 Å². The number of carbonyl (C=O) groups excluding carboxylic acids is 1. The normalized spacial score (nSPS) is 18.5. The number of halogens is 1. The summed E-state index contributed by atoms with van der Waals surface area (Å²) in [5.41, 5.74) is 3.36. The first-order valence-corrected chi connectivity index (χ1v) is 8.03. The number of piperidine rings is 1. The molecule has 1 saturated heterocycles. The minimum Gasteiger partial charge on any atom is -0.342 e. The lowest BCUT2D eigenvalue weighted by Gasteiger charge is -2.32. The number of aryl methyl sites for hydroxylation is 1. The van der Waals surface area contributed by atoms with E-state index in [0.717, 1.165) is 31.5 Å².